The van der Waals surface area contributed by atoms with Crippen LogP contribution < -0.4 is 22.5 Å². The van der Waals surface area contributed by atoms with Crippen LogP contribution in [0.5, 0.6) is 0 Å². The van der Waals surface area contributed by atoms with Crippen LogP contribution in [-0.2, 0) is 13.6 Å². The predicted octanol–water partition coefficient (Wildman–Crippen LogP) is -0.724. The van der Waals surface area contributed by atoms with E-state index in [1.165, 1.54) is 16.8 Å². The summed E-state index contributed by atoms with van der Waals surface area (Å²) < 4.78 is 2.45. The van der Waals surface area contributed by atoms with E-state index in [1.54, 1.807) is 25.4 Å². The van der Waals surface area contributed by atoms with Crippen LogP contribution in [0.1, 0.15) is 5.69 Å². The first-order valence-corrected chi connectivity index (χ1v) is 5.30. The first-order chi connectivity index (χ1) is 8.61. The van der Waals surface area contributed by atoms with Gasteiger partial charge in [-0.15, -0.1) is 0 Å². The van der Waals surface area contributed by atoms with Crippen LogP contribution in [0.2, 0.25) is 0 Å². The standard InChI is InChI=1S/C11H13N5O2/c1-15-5-3-10(17)16(11(15)18)7-9-6-8(14-12)2-4-13-9/h2-6H,7,12H2,1H3,(H,13,14). The van der Waals surface area contributed by atoms with Gasteiger partial charge in [-0.25, -0.2) is 4.79 Å². The molecule has 0 aliphatic heterocycles. The molecule has 2 aromatic heterocycles. The summed E-state index contributed by atoms with van der Waals surface area (Å²) >= 11 is 0. The molecule has 0 atom stereocenters. The van der Waals surface area contributed by atoms with Gasteiger partial charge in [-0.3, -0.25) is 20.2 Å². The maximum atomic E-state index is 11.8. The van der Waals surface area contributed by atoms with Crippen molar-refractivity contribution >= 4 is 5.69 Å². The fourth-order valence-corrected chi connectivity index (χ4v) is 1.58. The molecule has 0 spiro atoms. The van der Waals surface area contributed by atoms with Crippen molar-refractivity contribution in [2.24, 2.45) is 12.9 Å². The summed E-state index contributed by atoms with van der Waals surface area (Å²) in [5, 5.41) is 0. The van der Waals surface area contributed by atoms with E-state index in [1.807, 2.05) is 0 Å². The van der Waals surface area contributed by atoms with Crippen molar-refractivity contribution in [3.63, 3.8) is 0 Å². The number of nitrogens with one attached hydrogen (secondary N) is 1. The maximum absolute atomic E-state index is 11.8. The summed E-state index contributed by atoms with van der Waals surface area (Å²) in [5.74, 6) is 5.28. The summed E-state index contributed by atoms with van der Waals surface area (Å²) in [6.07, 6.45) is 3.00. The van der Waals surface area contributed by atoms with Crippen LogP contribution in [0.4, 0.5) is 5.69 Å². The summed E-state index contributed by atoms with van der Waals surface area (Å²) in [7, 11) is 1.59. The van der Waals surface area contributed by atoms with Gasteiger partial charge in [-0.2, -0.15) is 0 Å². The van der Waals surface area contributed by atoms with Crippen LogP contribution in [0.15, 0.2) is 40.2 Å². The number of anilines is 1. The molecule has 2 aromatic rings. The third-order valence-corrected chi connectivity index (χ3v) is 2.54. The van der Waals surface area contributed by atoms with Crippen LogP contribution in [0, 0.1) is 0 Å². The molecule has 7 heteroatoms. The van der Waals surface area contributed by atoms with Gasteiger partial charge in [-0.1, -0.05) is 0 Å². The molecule has 0 radical (unpaired) electrons. The number of hydrogen-bond donors (Lipinski definition) is 2. The second kappa shape index (κ2) is 4.84. The molecule has 0 unspecified atom stereocenters. The Kier molecular flexibility index (Phi) is 3.24. The van der Waals surface area contributed by atoms with Crippen LogP contribution in [0.3, 0.4) is 0 Å². The molecule has 0 saturated carbocycles. The number of nitrogens with zero attached hydrogens (tertiary/aromatic N) is 3. The molecule has 2 heterocycles. The molecule has 18 heavy (non-hydrogen) atoms. The molecular formula is C11H13N5O2. The van der Waals surface area contributed by atoms with Gasteiger partial charge in [0.05, 0.1) is 17.9 Å². The van der Waals surface area contributed by atoms with Crippen LogP contribution >= 0.6 is 0 Å². The van der Waals surface area contributed by atoms with Gasteiger partial charge < -0.3 is 9.99 Å². The Morgan fingerprint density at radius 2 is 2.17 bits per heavy atom. The molecule has 7 nitrogen and oxygen atoms in total. The highest BCUT2D eigenvalue weighted by atomic mass is 16.2. The molecule has 0 aromatic carbocycles. The minimum atomic E-state index is -0.379. The number of aromatic nitrogens is 3. The van der Waals surface area contributed by atoms with E-state index >= 15 is 0 Å². The SMILES string of the molecule is Cn1ccc(=O)n(Cc2cc(NN)ccn2)c1=O. The molecule has 0 saturated heterocycles. The summed E-state index contributed by atoms with van der Waals surface area (Å²) in [4.78, 5) is 27.5. The van der Waals surface area contributed by atoms with Crippen molar-refractivity contribution in [2.45, 2.75) is 6.54 Å². The minimum Gasteiger partial charge on any atom is -0.324 e. The van der Waals surface area contributed by atoms with E-state index in [4.69, 9.17) is 5.84 Å². The first kappa shape index (κ1) is 12.1. The molecule has 0 fully saturated rings. The highest BCUT2D eigenvalue weighted by Gasteiger charge is 2.05. The van der Waals surface area contributed by atoms with Crippen molar-refractivity contribution in [1.29, 1.82) is 0 Å². The lowest BCUT2D eigenvalue weighted by atomic mass is 10.3. The first-order valence-electron chi connectivity index (χ1n) is 5.30. The largest absolute Gasteiger partial charge is 0.331 e. The van der Waals surface area contributed by atoms with Gasteiger partial charge in [0.2, 0.25) is 0 Å². The van der Waals surface area contributed by atoms with Crippen LogP contribution in [0.25, 0.3) is 0 Å². The number of nitrogens with two attached hydrogens (primary N) is 1. The van der Waals surface area contributed by atoms with E-state index < -0.39 is 0 Å². The van der Waals surface area contributed by atoms with Crippen molar-refractivity contribution in [1.82, 2.24) is 14.1 Å². The highest BCUT2D eigenvalue weighted by molar-refractivity contribution is 5.41. The normalized spacial score (nSPS) is 10.3. The number of aryl methyl sites for hydroxylation is 1. The zero-order chi connectivity index (χ0) is 13.1. The van der Waals surface area contributed by atoms with Gasteiger partial charge in [-0.05, 0) is 12.1 Å². The molecular weight excluding hydrogens is 234 g/mol. The van der Waals surface area contributed by atoms with Gasteiger partial charge in [0.15, 0.2) is 0 Å². The zero-order valence-corrected chi connectivity index (χ0v) is 9.83. The lowest BCUT2D eigenvalue weighted by Crippen LogP contribution is -2.38. The smallest absolute Gasteiger partial charge is 0.324 e. The van der Waals surface area contributed by atoms with Crippen molar-refractivity contribution < 1.29 is 0 Å². The summed E-state index contributed by atoms with van der Waals surface area (Å²) in [6, 6.07) is 4.71. The molecule has 2 rings (SSSR count). The Bertz CT molecular complexity index is 674. The average Bonchev–Trinajstić information content (AvgIpc) is 2.39. The Morgan fingerprint density at radius 3 is 2.89 bits per heavy atom. The summed E-state index contributed by atoms with van der Waals surface area (Å²) in [6.45, 7) is 0.113. The number of pyridine rings is 1. The molecule has 0 amide bonds. The Morgan fingerprint density at radius 1 is 1.39 bits per heavy atom. The maximum Gasteiger partial charge on any atom is 0.331 e. The monoisotopic (exact) mass is 247 g/mol. The molecule has 0 aliphatic carbocycles. The summed E-state index contributed by atoms with van der Waals surface area (Å²) in [5.41, 5.74) is 3.00. The number of rotatable bonds is 3. The van der Waals surface area contributed by atoms with Crippen LogP contribution in [-0.4, -0.2) is 14.1 Å². The van der Waals surface area contributed by atoms with E-state index in [9.17, 15) is 9.59 Å². The second-order valence-electron chi connectivity index (χ2n) is 3.81. The van der Waals surface area contributed by atoms with Gasteiger partial charge in [0.25, 0.3) is 5.56 Å². The number of hydrogen-bond acceptors (Lipinski definition) is 5. The van der Waals surface area contributed by atoms with Crippen molar-refractivity contribution in [3.8, 4) is 0 Å². The second-order valence-corrected chi connectivity index (χ2v) is 3.81. The quantitative estimate of drug-likeness (QED) is 0.551. The highest BCUT2D eigenvalue weighted by Crippen LogP contribution is 2.06. The number of nitrogen functional groups attached to an aromatic ring is 1. The fourth-order valence-electron chi connectivity index (χ4n) is 1.58. The number of hydrazine groups is 1. The van der Waals surface area contributed by atoms with Crippen molar-refractivity contribution in [3.05, 3.63) is 57.1 Å². The van der Waals surface area contributed by atoms with Crippen molar-refractivity contribution in [2.75, 3.05) is 5.43 Å². The topological polar surface area (TPSA) is 94.9 Å². The lowest BCUT2D eigenvalue weighted by Gasteiger charge is -2.07. The van der Waals surface area contributed by atoms with E-state index in [0.717, 1.165) is 4.57 Å². The van der Waals surface area contributed by atoms with Gasteiger partial charge >= 0.3 is 5.69 Å². The molecule has 0 bridgehead atoms. The molecule has 0 aliphatic rings. The zero-order valence-electron chi connectivity index (χ0n) is 9.83. The van der Waals surface area contributed by atoms with Gasteiger partial charge in [0, 0.05) is 25.5 Å². The predicted molar refractivity (Wildman–Crippen MR) is 67.1 cm³/mol. The van der Waals surface area contributed by atoms with Gasteiger partial charge in [0.1, 0.15) is 0 Å². The molecule has 3 N–H and O–H groups in total. The fraction of sp³-hybridized carbons (Fsp3) is 0.182. The Balaban J connectivity index is 2.43. The van der Waals surface area contributed by atoms with E-state index in [-0.39, 0.29) is 17.8 Å². The third kappa shape index (κ3) is 2.30. The van der Waals surface area contributed by atoms with E-state index in [2.05, 4.69) is 10.4 Å². The van der Waals surface area contributed by atoms with E-state index in [0.29, 0.717) is 11.4 Å². The lowest BCUT2D eigenvalue weighted by molar-refractivity contribution is 0.631. The average molecular weight is 247 g/mol. The minimum absolute atomic E-state index is 0.113. The Hall–Kier alpha value is -2.41. The third-order valence-electron chi connectivity index (χ3n) is 2.54. The molecule has 94 valence electrons. The Labute approximate surface area is 102 Å².